The van der Waals surface area contributed by atoms with Crippen LogP contribution in [0.2, 0.25) is 0 Å². The third kappa shape index (κ3) is 3.68. The molecule has 0 aliphatic heterocycles. The van der Waals surface area contributed by atoms with Gasteiger partial charge < -0.3 is 14.4 Å². The number of ether oxygens (including phenoxy) is 1. The molecule has 1 aliphatic rings. The molecule has 1 fully saturated rings. The van der Waals surface area contributed by atoms with Crippen LogP contribution >= 0.6 is 0 Å². The van der Waals surface area contributed by atoms with Crippen LogP contribution in [0.25, 0.3) is 0 Å². The number of aliphatic hydroxyl groups excluding tert-OH is 1. The van der Waals surface area contributed by atoms with Gasteiger partial charge in [0.25, 0.3) is 5.56 Å². The van der Waals surface area contributed by atoms with Crippen LogP contribution in [-0.2, 0) is 11.3 Å². The maximum absolute atomic E-state index is 11.4. The first-order chi connectivity index (χ1) is 8.25. The number of aliphatic hydroxyl groups is 1. The van der Waals surface area contributed by atoms with E-state index in [-0.39, 0.29) is 17.8 Å². The molecule has 0 radical (unpaired) electrons. The van der Waals surface area contributed by atoms with Crippen molar-refractivity contribution in [3.05, 3.63) is 34.7 Å². The maximum atomic E-state index is 11.4. The molecule has 0 atom stereocenters. The normalized spacial score (nSPS) is 24.8. The Kier molecular flexibility index (Phi) is 4.34. The summed E-state index contributed by atoms with van der Waals surface area (Å²) in [6.45, 7) is 1.16. The zero-order chi connectivity index (χ0) is 12.1. The van der Waals surface area contributed by atoms with Crippen molar-refractivity contribution in [3.63, 3.8) is 0 Å². The highest BCUT2D eigenvalue weighted by molar-refractivity contribution is 4.92. The summed E-state index contributed by atoms with van der Waals surface area (Å²) in [5, 5.41) is 9.37. The number of pyridine rings is 1. The first-order valence-corrected chi connectivity index (χ1v) is 6.21. The second kappa shape index (κ2) is 5.98. The maximum Gasteiger partial charge on any atom is 0.250 e. The Balaban J connectivity index is 1.73. The first kappa shape index (κ1) is 12.3. The molecule has 1 saturated carbocycles. The Morgan fingerprint density at radius 1 is 1.29 bits per heavy atom. The van der Waals surface area contributed by atoms with Crippen LogP contribution in [0.5, 0.6) is 0 Å². The molecule has 0 aromatic carbocycles. The average molecular weight is 237 g/mol. The summed E-state index contributed by atoms with van der Waals surface area (Å²) in [6.07, 6.45) is 5.38. The lowest BCUT2D eigenvalue weighted by Gasteiger charge is -2.25. The first-order valence-electron chi connectivity index (χ1n) is 6.21. The highest BCUT2D eigenvalue weighted by atomic mass is 16.5. The van der Waals surface area contributed by atoms with Crippen molar-refractivity contribution in [2.24, 2.45) is 0 Å². The van der Waals surface area contributed by atoms with Gasteiger partial charge in [0.2, 0.25) is 0 Å². The predicted molar refractivity (Wildman–Crippen MR) is 64.9 cm³/mol. The van der Waals surface area contributed by atoms with Crippen molar-refractivity contribution in [1.82, 2.24) is 4.57 Å². The van der Waals surface area contributed by atoms with Gasteiger partial charge >= 0.3 is 0 Å². The highest BCUT2D eigenvalue weighted by Crippen LogP contribution is 2.20. The molecule has 0 spiro atoms. The van der Waals surface area contributed by atoms with Crippen molar-refractivity contribution in [3.8, 4) is 0 Å². The van der Waals surface area contributed by atoms with E-state index in [1.54, 1.807) is 22.9 Å². The van der Waals surface area contributed by atoms with Gasteiger partial charge in [-0.15, -0.1) is 0 Å². The van der Waals surface area contributed by atoms with E-state index >= 15 is 0 Å². The van der Waals surface area contributed by atoms with E-state index in [1.165, 1.54) is 0 Å². The minimum atomic E-state index is -0.147. The molecular weight excluding hydrogens is 218 g/mol. The van der Waals surface area contributed by atoms with Crippen molar-refractivity contribution < 1.29 is 9.84 Å². The quantitative estimate of drug-likeness (QED) is 0.855. The van der Waals surface area contributed by atoms with Gasteiger partial charge in [-0.1, -0.05) is 6.07 Å². The zero-order valence-electron chi connectivity index (χ0n) is 9.92. The summed E-state index contributed by atoms with van der Waals surface area (Å²) in [5.41, 5.74) is 0.00941. The molecule has 1 heterocycles. The van der Waals surface area contributed by atoms with E-state index in [0.29, 0.717) is 13.2 Å². The summed E-state index contributed by atoms with van der Waals surface area (Å²) < 4.78 is 7.37. The molecular formula is C13H19NO3. The minimum Gasteiger partial charge on any atom is -0.393 e. The molecule has 4 heteroatoms. The third-order valence-corrected chi connectivity index (χ3v) is 3.23. The van der Waals surface area contributed by atoms with Crippen LogP contribution in [0, 0.1) is 0 Å². The molecule has 2 rings (SSSR count). The third-order valence-electron chi connectivity index (χ3n) is 3.23. The van der Waals surface area contributed by atoms with Gasteiger partial charge in [0, 0.05) is 18.8 Å². The van der Waals surface area contributed by atoms with Crippen LogP contribution < -0.4 is 5.56 Å². The van der Waals surface area contributed by atoms with Crippen molar-refractivity contribution >= 4 is 0 Å². The molecule has 17 heavy (non-hydrogen) atoms. The van der Waals surface area contributed by atoms with E-state index in [2.05, 4.69) is 0 Å². The largest absolute Gasteiger partial charge is 0.393 e. The molecule has 94 valence electrons. The van der Waals surface area contributed by atoms with Gasteiger partial charge in [0.15, 0.2) is 0 Å². The monoisotopic (exact) mass is 237 g/mol. The van der Waals surface area contributed by atoms with Gasteiger partial charge in [0.05, 0.1) is 18.8 Å². The summed E-state index contributed by atoms with van der Waals surface area (Å²) in [4.78, 5) is 11.4. The second-order valence-electron chi connectivity index (χ2n) is 4.53. The predicted octanol–water partition coefficient (Wildman–Crippen LogP) is 1.17. The van der Waals surface area contributed by atoms with E-state index in [9.17, 15) is 9.90 Å². The molecule has 0 unspecified atom stereocenters. The van der Waals surface area contributed by atoms with Gasteiger partial charge in [-0.2, -0.15) is 0 Å². The lowest BCUT2D eigenvalue weighted by atomic mass is 9.95. The molecule has 0 saturated heterocycles. The topological polar surface area (TPSA) is 51.5 Å². The number of nitrogens with zero attached hydrogens (tertiary/aromatic N) is 1. The smallest absolute Gasteiger partial charge is 0.250 e. The van der Waals surface area contributed by atoms with Crippen molar-refractivity contribution in [2.45, 2.75) is 44.4 Å². The molecule has 0 amide bonds. The molecule has 1 aromatic heterocycles. The molecule has 1 N–H and O–H groups in total. The number of hydrogen-bond donors (Lipinski definition) is 1. The number of rotatable bonds is 4. The molecule has 4 nitrogen and oxygen atoms in total. The summed E-state index contributed by atoms with van der Waals surface area (Å²) in [7, 11) is 0. The SMILES string of the molecule is O=c1ccccn1CCOC1CCC(O)CC1. The van der Waals surface area contributed by atoms with Crippen LogP contribution in [0.4, 0.5) is 0 Å². The van der Waals surface area contributed by atoms with E-state index in [4.69, 9.17) is 4.74 Å². The van der Waals surface area contributed by atoms with Gasteiger partial charge in [-0.25, -0.2) is 0 Å². The number of aromatic nitrogens is 1. The van der Waals surface area contributed by atoms with Crippen LogP contribution in [0.1, 0.15) is 25.7 Å². The molecule has 1 aliphatic carbocycles. The fraction of sp³-hybridized carbons (Fsp3) is 0.615. The van der Waals surface area contributed by atoms with Crippen LogP contribution in [0.15, 0.2) is 29.2 Å². The second-order valence-corrected chi connectivity index (χ2v) is 4.53. The lowest BCUT2D eigenvalue weighted by molar-refractivity contribution is -0.00619. The summed E-state index contributed by atoms with van der Waals surface area (Å²) >= 11 is 0. The van der Waals surface area contributed by atoms with Gasteiger partial charge in [-0.05, 0) is 31.7 Å². The molecule has 1 aromatic rings. The Morgan fingerprint density at radius 2 is 2.06 bits per heavy atom. The van der Waals surface area contributed by atoms with E-state index in [1.807, 2.05) is 6.07 Å². The van der Waals surface area contributed by atoms with Crippen molar-refractivity contribution in [2.75, 3.05) is 6.61 Å². The number of hydrogen-bond acceptors (Lipinski definition) is 3. The Morgan fingerprint density at radius 3 is 2.76 bits per heavy atom. The average Bonchev–Trinajstić information content (AvgIpc) is 2.34. The van der Waals surface area contributed by atoms with Crippen molar-refractivity contribution in [1.29, 1.82) is 0 Å². The van der Waals surface area contributed by atoms with Gasteiger partial charge in [-0.3, -0.25) is 4.79 Å². The van der Waals surface area contributed by atoms with Crippen LogP contribution in [-0.4, -0.2) is 28.5 Å². The fourth-order valence-electron chi connectivity index (χ4n) is 2.18. The summed E-state index contributed by atoms with van der Waals surface area (Å²) in [6, 6.07) is 5.14. The summed E-state index contributed by atoms with van der Waals surface area (Å²) in [5.74, 6) is 0. The highest BCUT2D eigenvalue weighted by Gasteiger charge is 2.19. The Hall–Kier alpha value is -1.13. The Labute approximate surface area is 101 Å². The van der Waals surface area contributed by atoms with E-state index < -0.39 is 0 Å². The standard InChI is InChI=1S/C13H19NO3/c15-11-4-6-12(7-5-11)17-10-9-14-8-2-1-3-13(14)16/h1-3,8,11-12,15H,4-7,9-10H2. The van der Waals surface area contributed by atoms with E-state index in [0.717, 1.165) is 25.7 Å². The zero-order valence-corrected chi connectivity index (χ0v) is 9.92. The van der Waals surface area contributed by atoms with Gasteiger partial charge in [0.1, 0.15) is 0 Å². The molecule has 0 bridgehead atoms. The fourth-order valence-corrected chi connectivity index (χ4v) is 2.18. The lowest BCUT2D eigenvalue weighted by Crippen LogP contribution is -2.27. The Bertz CT molecular complexity index is 394. The van der Waals surface area contributed by atoms with Crippen LogP contribution in [0.3, 0.4) is 0 Å². The minimum absolute atomic E-state index is 0.00941.